The van der Waals surface area contributed by atoms with Crippen molar-refractivity contribution in [2.24, 2.45) is 23.2 Å². The molecule has 0 amide bonds. The van der Waals surface area contributed by atoms with Gasteiger partial charge in [0.05, 0.1) is 6.10 Å². The lowest BCUT2D eigenvalue weighted by molar-refractivity contribution is -0.0764. The molecule has 19 heavy (non-hydrogen) atoms. The Morgan fingerprint density at radius 2 is 1.47 bits per heavy atom. The number of aliphatic hydroxyl groups is 1. The lowest BCUT2D eigenvalue weighted by Crippen LogP contribution is -2.46. The van der Waals surface area contributed by atoms with Crippen LogP contribution >= 0.6 is 0 Å². The molecule has 4 aliphatic rings. The van der Waals surface area contributed by atoms with Gasteiger partial charge < -0.3 is 5.11 Å². The van der Waals surface area contributed by atoms with Crippen LogP contribution in [-0.2, 0) is 0 Å². The molecule has 4 aliphatic carbocycles. The fraction of sp³-hybridized carbons (Fsp3) is 0.667. The zero-order chi connectivity index (χ0) is 12.9. The van der Waals surface area contributed by atoms with Crippen molar-refractivity contribution in [3.63, 3.8) is 0 Å². The van der Waals surface area contributed by atoms with Crippen LogP contribution in [-0.4, -0.2) is 5.11 Å². The molecule has 1 N–H and O–H groups in total. The van der Waals surface area contributed by atoms with Crippen molar-refractivity contribution in [2.75, 3.05) is 0 Å². The second kappa shape index (κ2) is 4.34. The zero-order valence-corrected chi connectivity index (χ0v) is 11.6. The Hall–Kier alpha value is -0.820. The maximum atomic E-state index is 10.6. The van der Waals surface area contributed by atoms with Gasteiger partial charge in [-0.1, -0.05) is 30.3 Å². The van der Waals surface area contributed by atoms with E-state index < -0.39 is 0 Å². The molecular formula is C18H24O. The van der Waals surface area contributed by atoms with Gasteiger partial charge in [0.25, 0.3) is 0 Å². The molecule has 102 valence electrons. The van der Waals surface area contributed by atoms with E-state index in [-0.39, 0.29) is 6.10 Å². The molecule has 5 rings (SSSR count). The quantitative estimate of drug-likeness (QED) is 0.853. The second-order valence-electron chi connectivity index (χ2n) is 7.55. The maximum Gasteiger partial charge on any atom is 0.0795 e. The van der Waals surface area contributed by atoms with Gasteiger partial charge in [0, 0.05) is 0 Å². The minimum atomic E-state index is -0.252. The summed E-state index contributed by atoms with van der Waals surface area (Å²) in [5.41, 5.74) is 1.59. The summed E-state index contributed by atoms with van der Waals surface area (Å²) in [5, 5.41) is 10.6. The lowest BCUT2D eigenvalue weighted by Gasteiger charge is -2.57. The molecule has 0 aliphatic heterocycles. The Bertz CT molecular complexity index is 415. The third-order valence-corrected chi connectivity index (χ3v) is 5.98. The first-order chi connectivity index (χ1) is 9.22. The Labute approximate surface area is 116 Å². The number of aliphatic hydroxyl groups excluding tert-OH is 1. The van der Waals surface area contributed by atoms with Gasteiger partial charge in [-0.15, -0.1) is 0 Å². The highest BCUT2D eigenvalue weighted by atomic mass is 16.3. The van der Waals surface area contributed by atoms with E-state index in [1.165, 1.54) is 38.5 Å². The number of rotatable bonds is 3. The van der Waals surface area contributed by atoms with E-state index in [4.69, 9.17) is 0 Å². The highest BCUT2D eigenvalue weighted by Gasteiger charge is 2.51. The van der Waals surface area contributed by atoms with E-state index in [1.807, 2.05) is 18.2 Å². The average molecular weight is 256 g/mol. The molecule has 0 radical (unpaired) electrons. The van der Waals surface area contributed by atoms with Crippen LogP contribution in [0.15, 0.2) is 30.3 Å². The van der Waals surface area contributed by atoms with Gasteiger partial charge in [-0.2, -0.15) is 0 Å². The van der Waals surface area contributed by atoms with E-state index in [0.717, 1.165) is 29.7 Å². The topological polar surface area (TPSA) is 20.2 Å². The molecule has 1 unspecified atom stereocenters. The summed E-state index contributed by atoms with van der Waals surface area (Å²) >= 11 is 0. The molecule has 4 saturated carbocycles. The largest absolute Gasteiger partial charge is 0.388 e. The smallest absolute Gasteiger partial charge is 0.0795 e. The Kier molecular flexibility index (Phi) is 2.73. The van der Waals surface area contributed by atoms with E-state index >= 15 is 0 Å². The molecule has 1 aromatic rings. The summed E-state index contributed by atoms with van der Waals surface area (Å²) in [5.74, 6) is 2.94. The molecule has 1 heteroatoms. The highest BCUT2D eigenvalue weighted by molar-refractivity contribution is 5.18. The van der Waals surface area contributed by atoms with Crippen LogP contribution in [0.2, 0.25) is 0 Å². The average Bonchev–Trinajstić information content (AvgIpc) is 2.37. The van der Waals surface area contributed by atoms with Crippen molar-refractivity contribution < 1.29 is 5.11 Å². The van der Waals surface area contributed by atoms with E-state index in [2.05, 4.69) is 12.1 Å². The monoisotopic (exact) mass is 256 g/mol. The summed E-state index contributed by atoms with van der Waals surface area (Å²) in [6.07, 6.45) is 9.38. The van der Waals surface area contributed by atoms with Gasteiger partial charge in [-0.05, 0) is 73.7 Å². The third kappa shape index (κ3) is 2.12. The standard InChI is InChI=1S/C18H24O/c19-17(16-4-2-1-3-5-16)12-18-9-13-6-14(10-18)8-15(7-13)11-18/h1-5,13-15,17,19H,6-12H2. The van der Waals surface area contributed by atoms with Gasteiger partial charge >= 0.3 is 0 Å². The van der Waals surface area contributed by atoms with Crippen LogP contribution in [0.4, 0.5) is 0 Å². The SMILES string of the molecule is OC(CC12CC3CC(CC(C3)C1)C2)c1ccccc1. The third-order valence-electron chi connectivity index (χ3n) is 5.98. The Morgan fingerprint density at radius 3 is 2.00 bits per heavy atom. The number of hydrogen-bond donors (Lipinski definition) is 1. The van der Waals surface area contributed by atoms with Crippen LogP contribution in [0.3, 0.4) is 0 Å². The van der Waals surface area contributed by atoms with Crippen molar-refractivity contribution in [3.8, 4) is 0 Å². The van der Waals surface area contributed by atoms with Crippen LogP contribution in [0, 0.1) is 23.2 Å². The summed E-state index contributed by atoms with van der Waals surface area (Å²) < 4.78 is 0. The van der Waals surface area contributed by atoms with Crippen LogP contribution < -0.4 is 0 Å². The summed E-state index contributed by atoms with van der Waals surface area (Å²) in [6, 6.07) is 10.3. The Balaban J connectivity index is 1.53. The summed E-state index contributed by atoms with van der Waals surface area (Å²) in [4.78, 5) is 0. The van der Waals surface area contributed by atoms with Gasteiger partial charge in [-0.3, -0.25) is 0 Å². The van der Waals surface area contributed by atoms with Crippen molar-refractivity contribution in [3.05, 3.63) is 35.9 Å². The molecule has 4 bridgehead atoms. The summed E-state index contributed by atoms with van der Waals surface area (Å²) in [7, 11) is 0. The molecular weight excluding hydrogens is 232 g/mol. The first-order valence-corrected chi connectivity index (χ1v) is 7.95. The number of benzene rings is 1. The van der Waals surface area contributed by atoms with Crippen molar-refractivity contribution in [2.45, 2.75) is 51.0 Å². The first-order valence-electron chi connectivity index (χ1n) is 7.95. The molecule has 1 aromatic carbocycles. The van der Waals surface area contributed by atoms with Gasteiger partial charge in [0.2, 0.25) is 0 Å². The van der Waals surface area contributed by atoms with E-state index in [0.29, 0.717) is 5.41 Å². The molecule has 4 fully saturated rings. The van der Waals surface area contributed by atoms with E-state index in [9.17, 15) is 5.11 Å². The number of hydrogen-bond acceptors (Lipinski definition) is 1. The van der Waals surface area contributed by atoms with Crippen LogP contribution in [0.1, 0.15) is 56.6 Å². The first kappa shape index (κ1) is 12.0. The highest BCUT2D eigenvalue weighted by Crippen LogP contribution is 2.62. The predicted molar refractivity (Wildman–Crippen MR) is 76.6 cm³/mol. The van der Waals surface area contributed by atoms with E-state index in [1.54, 1.807) is 0 Å². The van der Waals surface area contributed by atoms with Crippen molar-refractivity contribution in [1.29, 1.82) is 0 Å². The van der Waals surface area contributed by atoms with Gasteiger partial charge in [-0.25, -0.2) is 0 Å². The molecule has 1 atom stereocenters. The molecule has 0 saturated heterocycles. The van der Waals surface area contributed by atoms with Gasteiger partial charge in [0.1, 0.15) is 0 Å². The summed E-state index contributed by atoms with van der Waals surface area (Å²) in [6.45, 7) is 0. The van der Waals surface area contributed by atoms with Crippen molar-refractivity contribution >= 4 is 0 Å². The minimum absolute atomic E-state index is 0.252. The lowest BCUT2D eigenvalue weighted by atomic mass is 9.48. The molecule has 0 spiro atoms. The predicted octanol–water partition coefficient (Wildman–Crippen LogP) is 4.33. The molecule has 1 nitrogen and oxygen atoms in total. The van der Waals surface area contributed by atoms with Crippen molar-refractivity contribution in [1.82, 2.24) is 0 Å². The Morgan fingerprint density at radius 1 is 0.947 bits per heavy atom. The second-order valence-corrected chi connectivity index (χ2v) is 7.55. The molecule has 0 heterocycles. The van der Waals surface area contributed by atoms with Crippen LogP contribution in [0.25, 0.3) is 0 Å². The maximum absolute atomic E-state index is 10.6. The van der Waals surface area contributed by atoms with Gasteiger partial charge in [0.15, 0.2) is 0 Å². The zero-order valence-electron chi connectivity index (χ0n) is 11.6. The molecule has 0 aromatic heterocycles. The normalized spacial score (nSPS) is 41.4. The minimum Gasteiger partial charge on any atom is -0.388 e. The fourth-order valence-electron chi connectivity index (χ4n) is 5.74. The fourth-order valence-corrected chi connectivity index (χ4v) is 5.74. The van der Waals surface area contributed by atoms with Crippen LogP contribution in [0.5, 0.6) is 0 Å².